The molecule has 0 heterocycles. The van der Waals surface area contributed by atoms with Crippen LogP contribution in [0.2, 0.25) is 0 Å². The molecule has 0 saturated heterocycles. The number of methoxy groups -OCH3 is 1. The van der Waals surface area contributed by atoms with Gasteiger partial charge in [0.25, 0.3) is 0 Å². The van der Waals surface area contributed by atoms with E-state index < -0.39 is 18.3 Å². The Bertz CT molecular complexity index is 173. The first-order valence-electron chi connectivity index (χ1n) is 2.25. The van der Waals surface area contributed by atoms with Gasteiger partial charge in [-0.25, -0.2) is 9.59 Å². The number of hydrogen-bond donors (Lipinski definition) is 0. The first-order valence-corrected chi connectivity index (χ1v) is 2.25. The summed E-state index contributed by atoms with van der Waals surface area (Å²) in [6.45, 7) is 0. The highest BCUT2D eigenvalue weighted by Crippen LogP contribution is 2.16. The van der Waals surface area contributed by atoms with Gasteiger partial charge in [0.15, 0.2) is 0 Å². The molecule has 7 heteroatoms. The van der Waals surface area contributed by atoms with Crippen molar-refractivity contribution in [1.29, 1.82) is 0 Å². The minimum Gasteiger partial charge on any atom is -0.461 e. The third-order valence-corrected chi connectivity index (χ3v) is 0.560. The van der Waals surface area contributed by atoms with Crippen molar-refractivity contribution < 1.29 is 32.2 Å². The number of ether oxygens (including phenoxy) is 2. The summed E-state index contributed by atoms with van der Waals surface area (Å²) in [5, 5.41) is 0. The minimum absolute atomic E-state index is 0.764. The summed E-state index contributed by atoms with van der Waals surface area (Å²) in [6.07, 6.45) is -5.15. The molecule has 0 saturated carbocycles. The van der Waals surface area contributed by atoms with Crippen molar-refractivity contribution in [3.05, 3.63) is 0 Å². The molecule has 0 fully saturated rings. The molecular formula is C4H3F3O4. The van der Waals surface area contributed by atoms with Gasteiger partial charge in [-0.05, 0) is 0 Å². The lowest BCUT2D eigenvalue weighted by atomic mass is 10.7. The van der Waals surface area contributed by atoms with Gasteiger partial charge in [-0.2, -0.15) is 0 Å². The second-order valence-electron chi connectivity index (χ2n) is 1.33. The molecule has 0 N–H and O–H groups in total. The summed E-state index contributed by atoms with van der Waals surface area (Å²) in [4.78, 5) is 20.0. The van der Waals surface area contributed by atoms with E-state index in [1.54, 1.807) is 0 Å². The molecule has 0 atom stereocenters. The number of alkyl halides is 3. The molecule has 4 nitrogen and oxygen atoms in total. The number of rotatable bonds is 0. The lowest BCUT2D eigenvalue weighted by Crippen LogP contribution is -2.26. The Balaban J connectivity index is 3.99. The van der Waals surface area contributed by atoms with E-state index in [0.717, 1.165) is 7.11 Å². The summed E-state index contributed by atoms with van der Waals surface area (Å²) >= 11 is 0. The molecule has 0 unspecified atom stereocenters. The lowest BCUT2D eigenvalue weighted by molar-refractivity contribution is -0.305. The fraction of sp³-hybridized carbons (Fsp3) is 0.500. The quantitative estimate of drug-likeness (QED) is 0.387. The fourth-order valence-electron chi connectivity index (χ4n) is 0.230. The molecule has 0 bridgehead atoms. The summed E-state index contributed by atoms with van der Waals surface area (Å²) in [5.74, 6) is -3.78. The highest BCUT2D eigenvalue weighted by Gasteiger charge is 2.37. The zero-order valence-electron chi connectivity index (χ0n) is 5.27. The summed E-state index contributed by atoms with van der Waals surface area (Å²) in [7, 11) is 0.764. The minimum atomic E-state index is -5.15. The largest absolute Gasteiger partial charge is 0.575 e. The zero-order valence-corrected chi connectivity index (χ0v) is 5.27. The fourth-order valence-corrected chi connectivity index (χ4v) is 0.230. The van der Waals surface area contributed by atoms with Crippen LogP contribution in [0.15, 0.2) is 0 Å². The maximum atomic E-state index is 11.2. The molecular weight excluding hydrogens is 169 g/mol. The first kappa shape index (κ1) is 9.73. The topological polar surface area (TPSA) is 52.6 Å². The van der Waals surface area contributed by atoms with E-state index in [-0.39, 0.29) is 0 Å². The van der Waals surface area contributed by atoms with Gasteiger partial charge in [0.05, 0.1) is 7.11 Å². The van der Waals surface area contributed by atoms with E-state index in [9.17, 15) is 22.8 Å². The summed E-state index contributed by atoms with van der Waals surface area (Å²) < 4.78 is 39.8. The van der Waals surface area contributed by atoms with Gasteiger partial charge in [0.1, 0.15) is 0 Å². The van der Waals surface area contributed by atoms with E-state index in [4.69, 9.17) is 0 Å². The molecule has 64 valence electrons. The van der Waals surface area contributed by atoms with Crippen molar-refractivity contribution in [1.82, 2.24) is 0 Å². The normalized spacial score (nSPS) is 10.5. The van der Waals surface area contributed by atoms with Crippen molar-refractivity contribution in [3.8, 4) is 0 Å². The molecule has 0 aliphatic rings. The van der Waals surface area contributed by atoms with Crippen molar-refractivity contribution in [2.75, 3.05) is 7.11 Å². The van der Waals surface area contributed by atoms with E-state index in [2.05, 4.69) is 9.47 Å². The van der Waals surface area contributed by atoms with Gasteiger partial charge in [0, 0.05) is 0 Å². The van der Waals surface area contributed by atoms with Crippen LogP contribution in [0.1, 0.15) is 0 Å². The number of carbonyl (C=O) groups is 2. The Morgan fingerprint density at radius 1 is 1.18 bits per heavy atom. The van der Waals surface area contributed by atoms with E-state index >= 15 is 0 Å². The maximum Gasteiger partial charge on any atom is 0.575 e. The highest BCUT2D eigenvalue weighted by atomic mass is 19.4. The van der Waals surface area contributed by atoms with Gasteiger partial charge in [0.2, 0.25) is 0 Å². The summed E-state index contributed by atoms with van der Waals surface area (Å²) in [5.41, 5.74) is 0. The van der Waals surface area contributed by atoms with Gasteiger partial charge in [-0.15, -0.1) is 13.2 Å². The van der Waals surface area contributed by atoms with Crippen LogP contribution in [0.5, 0.6) is 0 Å². The van der Waals surface area contributed by atoms with Crippen LogP contribution in [0.4, 0.5) is 13.2 Å². The Morgan fingerprint density at radius 3 is 1.91 bits per heavy atom. The Hall–Kier alpha value is -1.27. The zero-order chi connectivity index (χ0) is 9.07. The Labute approximate surface area is 58.9 Å². The SMILES string of the molecule is COC(=O)C(=O)OC(F)(F)F. The molecule has 0 aromatic rings. The van der Waals surface area contributed by atoms with Crippen LogP contribution >= 0.6 is 0 Å². The molecule has 0 amide bonds. The van der Waals surface area contributed by atoms with Gasteiger partial charge >= 0.3 is 18.3 Å². The van der Waals surface area contributed by atoms with Gasteiger partial charge in [-0.1, -0.05) is 0 Å². The second kappa shape index (κ2) is 3.22. The monoisotopic (exact) mass is 172 g/mol. The number of carbonyl (C=O) groups excluding carboxylic acids is 2. The molecule has 0 radical (unpaired) electrons. The van der Waals surface area contributed by atoms with Crippen LogP contribution in [0.25, 0.3) is 0 Å². The molecule has 0 aromatic carbocycles. The lowest BCUT2D eigenvalue weighted by Gasteiger charge is -2.04. The van der Waals surface area contributed by atoms with Crippen LogP contribution in [0.3, 0.4) is 0 Å². The average Bonchev–Trinajstić information content (AvgIpc) is 1.82. The smallest absolute Gasteiger partial charge is 0.461 e. The molecule has 0 spiro atoms. The average molecular weight is 172 g/mol. The van der Waals surface area contributed by atoms with Crippen LogP contribution < -0.4 is 0 Å². The van der Waals surface area contributed by atoms with Crippen molar-refractivity contribution in [3.63, 3.8) is 0 Å². The van der Waals surface area contributed by atoms with Crippen LogP contribution in [-0.2, 0) is 19.1 Å². The van der Waals surface area contributed by atoms with Gasteiger partial charge in [-0.3, -0.25) is 0 Å². The van der Waals surface area contributed by atoms with Crippen molar-refractivity contribution in [2.45, 2.75) is 6.36 Å². The van der Waals surface area contributed by atoms with Crippen LogP contribution in [-0.4, -0.2) is 25.4 Å². The number of hydrogen-bond acceptors (Lipinski definition) is 4. The second-order valence-corrected chi connectivity index (χ2v) is 1.33. The third kappa shape index (κ3) is 4.18. The predicted octanol–water partition coefficient (Wildman–Crippen LogP) is 0.222. The summed E-state index contributed by atoms with van der Waals surface area (Å²) in [6, 6.07) is 0. The first-order chi connectivity index (χ1) is 4.87. The predicted molar refractivity (Wildman–Crippen MR) is 24.2 cm³/mol. The number of halogens is 3. The van der Waals surface area contributed by atoms with E-state index in [0.29, 0.717) is 0 Å². The maximum absolute atomic E-state index is 11.2. The van der Waals surface area contributed by atoms with Crippen LogP contribution in [0, 0.1) is 0 Å². The third-order valence-electron chi connectivity index (χ3n) is 0.560. The van der Waals surface area contributed by atoms with Crippen molar-refractivity contribution in [2.24, 2.45) is 0 Å². The molecule has 0 aromatic heterocycles. The van der Waals surface area contributed by atoms with E-state index in [1.165, 1.54) is 0 Å². The standard InChI is InChI=1S/C4H3F3O4/c1-10-2(8)3(9)11-4(5,6)7/h1H3. The van der Waals surface area contributed by atoms with Gasteiger partial charge < -0.3 is 9.47 Å². The number of esters is 2. The Kier molecular flexibility index (Phi) is 2.85. The molecule has 0 aliphatic heterocycles. The molecule has 0 rings (SSSR count). The van der Waals surface area contributed by atoms with Crippen molar-refractivity contribution >= 4 is 11.9 Å². The Morgan fingerprint density at radius 2 is 1.64 bits per heavy atom. The highest BCUT2D eigenvalue weighted by molar-refractivity contribution is 6.29. The van der Waals surface area contributed by atoms with E-state index in [1.807, 2.05) is 0 Å². The molecule has 11 heavy (non-hydrogen) atoms. The molecule has 0 aliphatic carbocycles.